The molecule has 22 heavy (non-hydrogen) atoms. The van der Waals surface area contributed by atoms with Gasteiger partial charge in [-0.25, -0.2) is 9.98 Å². The van der Waals surface area contributed by atoms with Gasteiger partial charge in [0.15, 0.2) is 0 Å². The first kappa shape index (κ1) is 12.9. The Bertz CT molecular complexity index is 1040. The normalized spacial score (nSPS) is 14.4. The molecule has 1 amide bonds. The molecule has 0 spiro atoms. The summed E-state index contributed by atoms with van der Waals surface area (Å²) >= 11 is 1.37. The van der Waals surface area contributed by atoms with Crippen molar-refractivity contribution in [1.29, 1.82) is 0 Å². The maximum absolute atomic E-state index is 12.3. The Hall–Kier alpha value is -2.80. The van der Waals surface area contributed by atoms with Crippen molar-refractivity contribution < 1.29 is 4.79 Å². The van der Waals surface area contributed by atoms with Crippen molar-refractivity contribution in [3.63, 3.8) is 0 Å². The molecule has 1 aromatic carbocycles. The quantitative estimate of drug-likeness (QED) is 0.722. The van der Waals surface area contributed by atoms with E-state index in [1.54, 1.807) is 12.1 Å². The maximum atomic E-state index is 12.3. The molecular weight excluding hydrogens is 300 g/mol. The van der Waals surface area contributed by atoms with Gasteiger partial charge in [-0.15, -0.1) is 11.3 Å². The number of benzene rings is 1. The van der Waals surface area contributed by atoms with Gasteiger partial charge in [-0.05, 0) is 18.2 Å². The third kappa shape index (κ3) is 1.79. The first-order valence-corrected chi connectivity index (χ1v) is 7.42. The number of aliphatic imine (C=N–C) groups is 1. The van der Waals surface area contributed by atoms with Crippen molar-refractivity contribution in [1.82, 2.24) is 9.97 Å². The Morgan fingerprint density at radius 2 is 2.18 bits per heavy atom. The highest BCUT2D eigenvalue weighted by molar-refractivity contribution is 7.21. The lowest BCUT2D eigenvalue weighted by molar-refractivity contribution is 0.101. The zero-order valence-corrected chi connectivity index (χ0v) is 12.2. The standard InChI is InChI=1S/C15H10N4O2S/c1-2-7-5-16-13-11-9(22-14(13)15(21)18-7)4-3-8-12(11)17-6-10(20)19-8/h2-4,6,16H,1,5H2,(H,19,20). The highest BCUT2D eigenvalue weighted by Gasteiger charge is 2.23. The molecule has 0 fully saturated rings. The molecule has 1 aliphatic rings. The van der Waals surface area contributed by atoms with Crippen LogP contribution in [0.5, 0.6) is 0 Å². The summed E-state index contributed by atoms with van der Waals surface area (Å²) in [6.45, 7) is 4.08. The number of aromatic amines is 1. The molecule has 7 heteroatoms. The van der Waals surface area contributed by atoms with E-state index in [1.165, 1.54) is 17.5 Å². The second-order valence-corrected chi connectivity index (χ2v) is 5.91. The summed E-state index contributed by atoms with van der Waals surface area (Å²) in [6, 6.07) is 3.67. The van der Waals surface area contributed by atoms with Crippen LogP contribution in [-0.4, -0.2) is 28.1 Å². The van der Waals surface area contributed by atoms with Gasteiger partial charge < -0.3 is 10.3 Å². The lowest BCUT2D eigenvalue weighted by Crippen LogP contribution is -2.10. The number of anilines is 1. The van der Waals surface area contributed by atoms with Crippen molar-refractivity contribution in [2.24, 2.45) is 4.99 Å². The molecule has 3 aromatic rings. The molecule has 1 aliphatic heterocycles. The van der Waals surface area contributed by atoms with Crippen LogP contribution in [0.4, 0.5) is 5.69 Å². The van der Waals surface area contributed by atoms with Gasteiger partial charge in [-0.2, -0.15) is 0 Å². The number of H-pyrrole nitrogens is 1. The lowest BCUT2D eigenvalue weighted by Gasteiger charge is -2.05. The number of amides is 1. The van der Waals surface area contributed by atoms with E-state index < -0.39 is 0 Å². The number of carbonyl (C=O) groups is 1. The summed E-state index contributed by atoms with van der Waals surface area (Å²) in [5.41, 5.74) is 2.37. The van der Waals surface area contributed by atoms with Crippen LogP contribution >= 0.6 is 11.3 Å². The van der Waals surface area contributed by atoms with Crippen molar-refractivity contribution in [3.05, 3.63) is 46.2 Å². The first-order valence-electron chi connectivity index (χ1n) is 6.60. The Labute approximate surface area is 128 Å². The van der Waals surface area contributed by atoms with Crippen molar-refractivity contribution in [2.45, 2.75) is 0 Å². The van der Waals surface area contributed by atoms with Gasteiger partial charge in [0.05, 0.1) is 35.2 Å². The van der Waals surface area contributed by atoms with Crippen LogP contribution in [0.3, 0.4) is 0 Å². The number of hydrogen-bond donors (Lipinski definition) is 2. The average Bonchev–Trinajstić information content (AvgIpc) is 2.82. The Morgan fingerprint density at radius 1 is 1.32 bits per heavy atom. The zero-order valence-electron chi connectivity index (χ0n) is 11.3. The Balaban J connectivity index is 2.08. The fourth-order valence-corrected chi connectivity index (χ4v) is 3.60. The number of rotatable bonds is 1. The molecule has 6 nitrogen and oxygen atoms in total. The van der Waals surface area contributed by atoms with Crippen molar-refractivity contribution in [2.75, 3.05) is 11.9 Å². The number of aromatic nitrogens is 2. The minimum Gasteiger partial charge on any atom is -0.377 e. The van der Waals surface area contributed by atoms with E-state index >= 15 is 0 Å². The van der Waals surface area contributed by atoms with E-state index in [9.17, 15) is 9.59 Å². The van der Waals surface area contributed by atoms with Crippen LogP contribution in [0.2, 0.25) is 0 Å². The van der Waals surface area contributed by atoms with Crippen molar-refractivity contribution in [3.8, 4) is 0 Å². The molecule has 0 aliphatic carbocycles. The van der Waals surface area contributed by atoms with E-state index in [0.29, 0.717) is 28.2 Å². The van der Waals surface area contributed by atoms with E-state index in [4.69, 9.17) is 0 Å². The molecule has 0 saturated carbocycles. The number of nitrogens with zero attached hydrogens (tertiary/aromatic N) is 2. The average molecular weight is 310 g/mol. The molecule has 0 saturated heterocycles. The molecular formula is C15H10N4O2S. The topological polar surface area (TPSA) is 87.2 Å². The van der Waals surface area contributed by atoms with E-state index in [2.05, 4.69) is 26.9 Å². The second-order valence-electron chi connectivity index (χ2n) is 4.85. The van der Waals surface area contributed by atoms with Gasteiger partial charge in [-0.3, -0.25) is 9.59 Å². The van der Waals surface area contributed by atoms with E-state index in [1.807, 2.05) is 6.07 Å². The maximum Gasteiger partial charge on any atom is 0.289 e. The van der Waals surface area contributed by atoms with E-state index in [0.717, 1.165) is 15.8 Å². The largest absolute Gasteiger partial charge is 0.377 e. The highest BCUT2D eigenvalue weighted by Crippen LogP contribution is 2.40. The first-order chi connectivity index (χ1) is 10.7. The van der Waals surface area contributed by atoms with Crippen LogP contribution < -0.4 is 10.9 Å². The molecule has 0 unspecified atom stereocenters. The molecule has 0 bridgehead atoms. The minimum atomic E-state index is -0.284. The fraction of sp³-hybridized carbons (Fsp3) is 0.0667. The number of thiophene rings is 1. The summed E-state index contributed by atoms with van der Waals surface area (Å²) in [7, 11) is 0. The summed E-state index contributed by atoms with van der Waals surface area (Å²) in [6.07, 6.45) is 2.81. The summed E-state index contributed by atoms with van der Waals surface area (Å²) < 4.78 is 0.926. The van der Waals surface area contributed by atoms with Gasteiger partial charge in [0.25, 0.3) is 11.5 Å². The van der Waals surface area contributed by atoms with Crippen LogP contribution in [0.25, 0.3) is 21.1 Å². The molecule has 0 radical (unpaired) electrons. The molecule has 2 N–H and O–H groups in total. The lowest BCUT2D eigenvalue weighted by atomic mass is 10.1. The number of carbonyl (C=O) groups excluding carboxylic acids is 1. The molecule has 4 rings (SSSR count). The predicted octanol–water partition coefficient (Wildman–Crippen LogP) is 2.33. The Kier molecular flexibility index (Phi) is 2.70. The highest BCUT2D eigenvalue weighted by atomic mass is 32.1. The van der Waals surface area contributed by atoms with Crippen LogP contribution in [0.15, 0.2) is 40.8 Å². The smallest absolute Gasteiger partial charge is 0.289 e. The van der Waals surface area contributed by atoms with Gasteiger partial charge in [0.2, 0.25) is 0 Å². The fourth-order valence-electron chi connectivity index (χ4n) is 2.53. The summed E-state index contributed by atoms with van der Waals surface area (Å²) in [5.74, 6) is -0.284. The Morgan fingerprint density at radius 3 is 3.00 bits per heavy atom. The van der Waals surface area contributed by atoms with Crippen LogP contribution in [0.1, 0.15) is 9.67 Å². The van der Waals surface area contributed by atoms with Crippen molar-refractivity contribution >= 4 is 49.8 Å². The molecule has 2 aromatic heterocycles. The number of hydrogen-bond acceptors (Lipinski definition) is 5. The minimum absolute atomic E-state index is 0.255. The van der Waals surface area contributed by atoms with Gasteiger partial charge in [0.1, 0.15) is 4.88 Å². The number of nitrogens with one attached hydrogen (secondary N) is 2. The zero-order chi connectivity index (χ0) is 15.3. The predicted molar refractivity (Wildman–Crippen MR) is 88.2 cm³/mol. The second kappa shape index (κ2) is 4.60. The number of fused-ring (bicyclic) bond motifs is 5. The van der Waals surface area contributed by atoms with E-state index in [-0.39, 0.29) is 11.5 Å². The summed E-state index contributed by atoms with van der Waals surface area (Å²) in [5, 5.41) is 4.08. The SMILES string of the molecule is C=CC1=NC(=O)c2sc3ccc4[nH]c(=O)cnc4c3c2NC1. The molecule has 0 atom stereocenters. The third-order valence-corrected chi connectivity index (χ3v) is 4.66. The molecule has 3 heterocycles. The van der Waals surface area contributed by atoms with Crippen LogP contribution in [-0.2, 0) is 0 Å². The summed E-state index contributed by atoms with van der Waals surface area (Å²) in [4.78, 5) is 35.3. The van der Waals surface area contributed by atoms with Crippen LogP contribution in [0, 0.1) is 0 Å². The monoisotopic (exact) mass is 310 g/mol. The van der Waals surface area contributed by atoms with Gasteiger partial charge >= 0.3 is 0 Å². The third-order valence-electron chi connectivity index (χ3n) is 3.52. The van der Waals surface area contributed by atoms with Gasteiger partial charge in [-0.1, -0.05) is 6.58 Å². The van der Waals surface area contributed by atoms with Gasteiger partial charge in [0, 0.05) is 10.1 Å². The molecule has 108 valence electrons.